The van der Waals surface area contributed by atoms with Crippen molar-refractivity contribution in [3.05, 3.63) is 29.5 Å². The maximum Gasteiger partial charge on any atom is 0.0822 e. The minimum atomic E-state index is -1.21. The molecule has 0 saturated heterocycles. The molecule has 0 aromatic carbocycles. The molecular weight excluding hydrogens is 392 g/mol. The van der Waals surface area contributed by atoms with E-state index in [4.69, 9.17) is 0 Å². The van der Waals surface area contributed by atoms with E-state index in [2.05, 4.69) is 31.9 Å². The Morgan fingerprint density at radius 2 is 1.82 bits per heavy atom. The Balaban J connectivity index is 2.71. The first-order chi connectivity index (χ1) is 8.06. The first kappa shape index (κ1) is 13.2. The summed E-state index contributed by atoms with van der Waals surface area (Å²) >= 11 is 9.17. The molecule has 0 aliphatic rings. The number of rotatable bonds is 3. The maximum absolute atomic E-state index is 11.0. The molecule has 17 heavy (non-hydrogen) atoms. The second-order valence-electron chi connectivity index (χ2n) is 3.12. The monoisotopic (exact) mass is 395 g/mol. The number of carboxylic acids is 1. The zero-order chi connectivity index (χ0) is 12.6. The second kappa shape index (κ2) is 5.19. The van der Waals surface area contributed by atoms with Crippen molar-refractivity contribution in [1.29, 1.82) is 0 Å². The summed E-state index contributed by atoms with van der Waals surface area (Å²) in [5.41, 5.74) is 1.28. The summed E-state index contributed by atoms with van der Waals surface area (Å²) in [5, 5.41) is 23.8. The van der Waals surface area contributed by atoms with Crippen LogP contribution in [0.1, 0.15) is 14.5 Å². The van der Waals surface area contributed by atoms with Gasteiger partial charge in [0.1, 0.15) is 0 Å². The number of carbonyl (C=O) groups is 1. The normalized spacial score (nSPS) is 10.8. The van der Waals surface area contributed by atoms with Gasteiger partial charge in [0.25, 0.3) is 0 Å². The second-order valence-corrected chi connectivity index (χ2v) is 6.67. The molecule has 0 spiro atoms. The lowest BCUT2D eigenvalue weighted by molar-refractivity contribution is -0.254. The Hall–Kier alpha value is -0.210. The number of aromatic carboxylic acids is 1. The molecule has 0 fully saturated rings. The molecule has 2 heterocycles. The van der Waals surface area contributed by atoms with Crippen molar-refractivity contribution in [3.8, 4) is 11.1 Å². The summed E-state index contributed by atoms with van der Waals surface area (Å²) in [6.07, 6.45) is 0. The van der Waals surface area contributed by atoms with Gasteiger partial charge in [0.2, 0.25) is 0 Å². The molecule has 0 amide bonds. The Labute approximate surface area is 122 Å². The van der Waals surface area contributed by atoms with Gasteiger partial charge >= 0.3 is 0 Å². The number of carbonyl (C=O) groups excluding carboxylic acids is 1. The van der Waals surface area contributed by atoms with E-state index in [9.17, 15) is 15.0 Å². The molecule has 0 radical (unpaired) electrons. The fraction of sp³-hybridized carbons (Fsp3) is 0.100. The lowest BCUT2D eigenvalue weighted by Gasteiger charge is -2.07. The topological polar surface area (TPSA) is 60.4 Å². The van der Waals surface area contributed by atoms with Crippen molar-refractivity contribution < 1.29 is 15.0 Å². The number of halogens is 2. The highest BCUT2D eigenvalue weighted by molar-refractivity contribution is 9.11. The van der Waals surface area contributed by atoms with E-state index in [-0.39, 0.29) is 11.5 Å². The fourth-order valence-electron chi connectivity index (χ4n) is 1.47. The molecule has 2 aromatic heterocycles. The summed E-state index contributed by atoms with van der Waals surface area (Å²) in [6.45, 7) is -0.125. The lowest BCUT2D eigenvalue weighted by atomic mass is 10.1. The van der Waals surface area contributed by atoms with Crippen molar-refractivity contribution in [3.63, 3.8) is 0 Å². The predicted molar refractivity (Wildman–Crippen MR) is 73.3 cm³/mol. The first-order valence-corrected chi connectivity index (χ1v) is 7.76. The highest BCUT2D eigenvalue weighted by atomic mass is 79.9. The van der Waals surface area contributed by atoms with Crippen molar-refractivity contribution in [2.75, 3.05) is 0 Å². The van der Waals surface area contributed by atoms with Crippen LogP contribution in [0.4, 0.5) is 0 Å². The highest BCUT2D eigenvalue weighted by Gasteiger charge is 2.19. The van der Waals surface area contributed by atoms with Gasteiger partial charge in [-0.1, -0.05) is 0 Å². The van der Waals surface area contributed by atoms with Crippen molar-refractivity contribution >= 4 is 60.5 Å². The number of hydrogen-bond acceptors (Lipinski definition) is 5. The standard InChI is InChI=1S/C10H6Br2O3S2/c11-4-2-16-6(1-13)7(4)8-5(12)3-17-9(8)10(14)15/h2-3,13H,1H2,(H,14,15)/p-1. The molecular formula is C10H5Br2O3S2-. The van der Waals surface area contributed by atoms with E-state index in [0.29, 0.717) is 15.6 Å². The van der Waals surface area contributed by atoms with Crippen LogP contribution in [0, 0.1) is 0 Å². The summed E-state index contributed by atoms with van der Waals surface area (Å²) in [4.78, 5) is 11.9. The number of aliphatic hydroxyl groups excluding tert-OH is 1. The van der Waals surface area contributed by atoms with Crippen LogP contribution in [-0.2, 0) is 6.61 Å². The van der Waals surface area contributed by atoms with E-state index in [0.717, 1.165) is 20.7 Å². The molecule has 0 saturated carbocycles. The highest BCUT2D eigenvalue weighted by Crippen LogP contribution is 2.44. The zero-order valence-electron chi connectivity index (χ0n) is 8.20. The van der Waals surface area contributed by atoms with E-state index in [1.165, 1.54) is 11.3 Å². The van der Waals surface area contributed by atoms with Gasteiger partial charge in [-0.05, 0) is 31.9 Å². The lowest BCUT2D eigenvalue weighted by Crippen LogP contribution is -2.21. The number of aliphatic hydroxyl groups is 1. The third-order valence-electron chi connectivity index (χ3n) is 2.15. The first-order valence-electron chi connectivity index (χ1n) is 4.41. The van der Waals surface area contributed by atoms with Gasteiger partial charge < -0.3 is 15.0 Å². The molecule has 0 atom stereocenters. The van der Waals surface area contributed by atoms with Crippen molar-refractivity contribution in [2.45, 2.75) is 6.61 Å². The van der Waals surface area contributed by atoms with E-state index in [1.54, 1.807) is 5.38 Å². The smallest absolute Gasteiger partial charge is 0.0822 e. The molecule has 2 rings (SSSR count). The SMILES string of the molecule is O=C([O-])c1scc(Br)c1-c1c(Br)csc1CO. The molecule has 0 unspecified atom stereocenters. The molecule has 0 bridgehead atoms. The van der Waals surface area contributed by atoms with Crippen LogP contribution in [0.2, 0.25) is 0 Å². The molecule has 7 heteroatoms. The molecule has 0 aliphatic heterocycles. The summed E-state index contributed by atoms with van der Waals surface area (Å²) < 4.78 is 1.46. The van der Waals surface area contributed by atoms with Crippen LogP contribution in [-0.4, -0.2) is 11.1 Å². The largest absolute Gasteiger partial charge is 0.544 e. The zero-order valence-corrected chi connectivity index (χ0v) is 13.0. The van der Waals surface area contributed by atoms with Gasteiger partial charge in [0.05, 0.1) is 17.5 Å². The van der Waals surface area contributed by atoms with Gasteiger partial charge in [-0.15, -0.1) is 22.7 Å². The van der Waals surface area contributed by atoms with Gasteiger partial charge in [-0.3, -0.25) is 0 Å². The molecule has 0 aliphatic carbocycles. The van der Waals surface area contributed by atoms with Gasteiger partial charge in [-0.2, -0.15) is 0 Å². The van der Waals surface area contributed by atoms with Crippen LogP contribution in [0.15, 0.2) is 19.7 Å². The Morgan fingerprint density at radius 1 is 1.24 bits per heavy atom. The Kier molecular flexibility index (Phi) is 4.04. The van der Waals surface area contributed by atoms with Crippen LogP contribution < -0.4 is 5.11 Å². The number of hydrogen-bond donors (Lipinski definition) is 1. The third-order valence-corrected chi connectivity index (χ3v) is 5.94. The maximum atomic E-state index is 11.0. The number of carboxylic acid groups (broad SMARTS) is 1. The molecule has 3 nitrogen and oxygen atoms in total. The van der Waals surface area contributed by atoms with Crippen molar-refractivity contribution in [1.82, 2.24) is 0 Å². The van der Waals surface area contributed by atoms with Crippen LogP contribution in [0.25, 0.3) is 11.1 Å². The van der Waals surface area contributed by atoms with Gasteiger partial charge in [0.15, 0.2) is 0 Å². The fourth-order valence-corrected chi connectivity index (χ4v) is 4.66. The van der Waals surface area contributed by atoms with Crippen molar-refractivity contribution in [2.24, 2.45) is 0 Å². The molecule has 2 aromatic rings. The minimum Gasteiger partial charge on any atom is -0.544 e. The Morgan fingerprint density at radius 3 is 2.41 bits per heavy atom. The summed E-state index contributed by atoms with van der Waals surface area (Å²) in [7, 11) is 0. The quantitative estimate of drug-likeness (QED) is 0.867. The molecule has 90 valence electrons. The van der Waals surface area contributed by atoms with Crippen LogP contribution in [0.3, 0.4) is 0 Å². The minimum absolute atomic E-state index is 0.125. The third kappa shape index (κ3) is 2.34. The molecule has 1 N–H and O–H groups in total. The summed E-state index contributed by atoms with van der Waals surface area (Å²) in [5.74, 6) is -1.21. The number of thiophene rings is 2. The van der Waals surface area contributed by atoms with Gasteiger partial charge in [-0.25, -0.2) is 0 Å². The Bertz CT molecular complexity index is 574. The van der Waals surface area contributed by atoms with Crippen LogP contribution >= 0.6 is 54.5 Å². The van der Waals surface area contributed by atoms with E-state index in [1.807, 2.05) is 5.38 Å². The predicted octanol–water partition coefficient (Wildman–Crippen LogP) is 2.86. The van der Waals surface area contributed by atoms with E-state index < -0.39 is 5.97 Å². The average molecular weight is 397 g/mol. The van der Waals surface area contributed by atoms with E-state index >= 15 is 0 Å². The van der Waals surface area contributed by atoms with Crippen LogP contribution in [0.5, 0.6) is 0 Å². The van der Waals surface area contributed by atoms with Gasteiger partial charge in [0, 0.05) is 35.7 Å². The summed E-state index contributed by atoms with van der Waals surface area (Å²) in [6, 6.07) is 0. The average Bonchev–Trinajstić information content (AvgIpc) is 2.81.